The maximum absolute atomic E-state index is 14.9. The highest BCUT2D eigenvalue weighted by molar-refractivity contribution is 6.33. The Balaban J connectivity index is 1.43. The first-order chi connectivity index (χ1) is 20.2. The van der Waals surface area contributed by atoms with Crippen molar-refractivity contribution in [1.29, 1.82) is 0 Å². The Morgan fingerprint density at radius 1 is 1.19 bits per heavy atom. The number of carbonyl (C=O) groups excluding carboxylic acids is 1. The normalized spacial score (nSPS) is 14.7. The summed E-state index contributed by atoms with van der Waals surface area (Å²) in [6.07, 6.45) is 1.96. The number of anilines is 1. The minimum atomic E-state index is -0.857. The number of aromatic amines is 1. The number of ether oxygens (including phenoxy) is 1. The van der Waals surface area contributed by atoms with E-state index in [1.165, 1.54) is 12.1 Å². The van der Waals surface area contributed by atoms with Crippen molar-refractivity contribution in [3.05, 3.63) is 91.6 Å². The summed E-state index contributed by atoms with van der Waals surface area (Å²) in [6, 6.07) is 10.1. The minimum Gasteiger partial charge on any atom is -0.383 e. The molecule has 0 aliphatic carbocycles. The van der Waals surface area contributed by atoms with Gasteiger partial charge in [0.05, 0.1) is 41.1 Å². The molecule has 1 fully saturated rings. The fraction of sp³-hybridized carbons (Fsp3) is 0.250. The number of pyridine rings is 1. The van der Waals surface area contributed by atoms with E-state index in [1.54, 1.807) is 30.5 Å². The monoisotopic (exact) mass is 612 g/mol. The second kappa shape index (κ2) is 12.8. The van der Waals surface area contributed by atoms with Crippen molar-refractivity contribution in [2.24, 2.45) is 16.5 Å². The number of nitrogens with two attached hydrogens (primary N) is 2. The highest BCUT2D eigenvalue weighted by atomic mass is 35.5. The molecular weight excluding hydrogens is 586 g/mol. The molecule has 0 spiro atoms. The summed E-state index contributed by atoms with van der Waals surface area (Å²) in [5.41, 5.74) is 12.2. The molecule has 14 heteroatoms. The number of carbonyl (C=O) groups is 1. The van der Waals surface area contributed by atoms with Gasteiger partial charge in [-0.3, -0.25) is 9.59 Å². The van der Waals surface area contributed by atoms with Gasteiger partial charge in [-0.2, -0.15) is 4.98 Å². The fourth-order valence-electron chi connectivity index (χ4n) is 4.52. The van der Waals surface area contributed by atoms with Crippen molar-refractivity contribution in [2.75, 3.05) is 37.7 Å². The smallest absolute Gasteiger partial charge is 0.260 e. The van der Waals surface area contributed by atoms with Crippen LogP contribution in [0.5, 0.6) is 0 Å². The zero-order valence-electron chi connectivity index (χ0n) is 22.2. The van der Waals surface area contributed by atoms with Gasteiger partial charge in [-0.1, -0.05) is 35.3 Å². The number of morpholine rings is 1. The van der Waals surface area contributed by atoms with Crippen LogP contribution in [-0.2, 0) is 4.74 Å². The number of nitrogens with one attached hydrogen (secondary N) is 2. The van der Waals surface area contributed by atoms with Crippen molar-refractivity contribution >= 4 is 57.6 Å². The Bertz CT molecular complexity index is 1730. The number of rotatable bonds is 8. The molecule has 1 atom stereocenters. The number of hydrogen-bond acceptors (Lipinski definition) is 8. The van der Waals surface area contributed by atoms with E-state index in [0.717, 1.165) is 11.6 Å². The van der Waals surface area contributed by atoms with E-state index >= 15 is 0 Å². The van der Waals surface area contributed by atoms with Gasteiger partial charge in [-0.15, -0.1) is 0 Å². The Morgan fingerprint density at radius 3 is 2.71 bits per heavy atom. The summed E-state index contributed by atoms with van der Waals surface area (Å²) in [5, 5.41) is 3.70. The first-order valence-electron chi connectivity index (χ1n) is 13.1. The largest absolute Gasteiger partial charge is 0.383 e. The Hall–Kier alpha value is -4.10. The first kappa shape index (κ1) is 29.4. The molecule has 4 aromatic rings. The third kappa shape index (κ3) is 6.52. The minimum absolute atomic E-state index is 0.00254. The fourth-order valence-corrected chi connectivity index (χ4v) is 4.92. The highest BCUT2D eigenvalue weighted by Gasteiger charge is 2.21. The predicted octanol–water partition coefficient (Wildman–Crippen LogP) is 3.46. The van der Waals surface area contributed by atoms with Gasteiger partial charge in [0.1, 0.15) is 17.3 Å². The molecule has 0 radical (unpaired) electrons. The molecule has 1 amide bonds. The molecule has 0 bridgehead atoms. The van der Waals surface area contributed by atoms with Gasteiger partial charge in [0.2, 0.25) is 5.95 Å². The third-order valence-electron chi connectivity index (χ3n) is 6.68. The van der Waals surface area contributed by atoms with E-state index in [0.29, 0.717) is 54.7 Å². The summed E-state index contributed by atoms with van der Waals surface area (Å²) in [7, 11) is 0. The zero-order valence-corrected chi connectivity index (χ0v) is 23.8. The summed E-state index contributed by atoms with van der Waals surface area (Å²) >= 11 is 12.4. The number of fused-ring (bicyclic) bond motifs is 1. The van der Waals surface area contributed by atoms with E-state index in [2.05, 4.69) is 25.3 Å². The van der Waals surface area contributed by atoms with Crippen LogP contribution in [0.4, 0.5) is 16.0 Å². The number of amides is 1. The molecule has 1 unspecified atom stereocenters. The van der Waals surface area contributed by atoms with Crippen LogP contribution < -0.4 is 27.2 Å². The number of nitrogens with zero attached hydrogens (tertiary/aromatic N) is 4. The molecule has 3 heterocycles. The maximum Gasteiger partial charge on any atom is 0.260 e. The van der Waals surface area contributed by atoms with Gasteiger partial charge in [-0.05, 0) is 48.9 Å². The van der Waals surface area contributed by atoms with Crippen LogP contribution in [0.25, 0.3) is 11.0 Å². The number of H-pyrrole nitrogens is 1. The van der Waals surface area contributed by atoms with E-state index in [9.17, 15) is 14.0 Å². The lowest BCUT2D eigenvalue weighted by molar-refractivity contribution is 0.0931. The second-order valence-electron chi connectivity index (χ2n) is 9.52. The molecule has 2 aromatic heterocycles. The standard InChI is InChI=1S/C28H27Cl2FN8O3/c29-17-3-1-2-15(10-17)22(4-5-32)36-26(40)18-12-23(20(30)13-21(18)31)35-24(33)19-11-16-14-34-28(38-25(16)37-27(19)41)39-6-8-42-9-7-39/h1-3,10-14,22H,4-9,32H2,(H2,33,35)(H,36,40)(H,34,37,38,41). The number of aliphatic imine (C=N–C) groups is 1. The highest BCUT2D eigenvalue weighted by Crippen LogP contribution is 2.29. The molecule has 42 heavy (non-hydrogen) atoms. The molecule has 1 aliphatic rings. The van der Waals surface area contributed by atoms with E-state index < -0.39 is 23.3 Å². The van der Waals surface area contributed by atoms with Crippen molar-refractivity contribution in [3.8, 4) is 0 Å². The molecule has 1 saturated heterocycles. The van der Waals surface area contributed by atoms with Crippen molar-refractivity contribution in [1.82, 2.24) is 20.3 Å². The van der Waals surface area contributed by atoms with Crippen LogP contribution in [-0.4, -0.2) is 59.5 Å². The Morgan fingerprint density at radius 2 is 1.98 bits per heavy atom. The number of aromatic nitrogens is 3. The number of amidine groups is 1. The zero-order chi connectivity index (χ0) is 29.8. The lowest BCUT2D eigenvalue weighted by Crippen LogP contribution is -2.37. The second-order valence-corrected chi connectivity index (χ2v) is 10.4. The summed E-state index contributed by atoms with van der Waals surface area (Å²) in [5.74, 6) is -1.29. The average Bonchev–Trinajstić information content (AvgIpc) is 2.98. The summed E-state index contributed by atoms with van der Waals surface area (Å²) in [4.78, 5) is 43.8. The Kier molecular flexibility index (Phi) is 8.97. The predicted molar refractivity (Wildman–Crippen MR) is 160 cm³/mol. The number of hydrogen-bond donors (Lipinski definition) is 4. The molecular formula is C28H27Cl2FN8O3. The Labute approximate surface area is 249 Å². The molecule has 218 valence electrons. The van der Waals surface area contributed by atoms with Crippen LogP contribution in [0.2, 0.25) is 10.0 Å². The van der Waals surface area contributed by atoms with Crippen molar-refractivity contribution in [3.63, 3.8) is 0 Å². The van der Waals surface area contributed by atoms with Crippen molar-refractivity contribution in [2.45, 2.75) is 12.5 Å². The molecule has 0 saturated carbocycles. The molecule has 1 aliphatic heterocycles. The quantitative estimate of drug-likeness (QED) is 0.173. The maximum atomic E-state index is 14.9. The summed E-state index contributed by atoms with van der Waals surface area (Å²) in [6.45, 7) is 2.68. The number of benzene rings is 2. The van der Waals surface area contributed by atoms with Crippen LogP contribution in [0.15, 0.2) is 58.4 Å². The average molecular weight is 613 g/mol. The number of halogens is 3. The molecule has 5 rings (SSSR count). The third-order valence-corrected chi connectivity index (χ3v) is 7.22. The molecule has 2 aromatic carbocycles. The topological polar surface area (TPSA) is 165 Å². The lowest BCUT2D eigenvalue weighted by atomic mass is 10.0. The van der Waals surface area contributed by atoms with Gasteiger partial charge in [0.15, 0.2) is 0 Å². The van der Waals surface area contributed by atoms with Gasteiger partial charge < -0.3 is 31.4 Å². The van der Waals surface area contributed by atoms with Crippen molar-refractivity contribution < 1.29 is 13.9 Å². The van der Waals surface area contributed by atoms with Gasteiger partial charge in [0.25, 0.3) is 11.5 Å². The van der Waals surface area contributed by atoms with Gasteiger partial charge in [-0.25, -0.2) is 14.4 Å². The lowest BCUT2D eigenvalue weighted by Gasteiger charge is -2.26. The summed E-state index contributed by atoms with van der Waals surface area (Å²) < 4.78 is 20.3. The van der Waals surface area contributed by atoms with E-state index in [1.807, 2.05) is 4.90 Å². The first-order valence-corrected chi connectivity index (χ1v) is 13.8. The van der Waals surface area contributed by atoms with Crippen LogP contribution in [0.1, 0.15) is 33.9 Å². The van der Waals surface area contributed by atoms with Crippen LogP contribution >= 0.6 is 23.2 Å². The van der Waals surface area contributed by atoms with E-state index in [-0.39, 0.29) is 34.2 Å². The molecule has 11 nitrogen and oxygen atoms in total. The van der Waals surface area contributed by atoms with E-state index in [4.69, 9.17) is 39.4 Å². The van der Waals surface area contributed by atoms with Crippen LogP contribution in [0.3, 0.4) is 0 Å². The van der Waals surface area contributed by atoms with Crippen LogP contribution in [0, 0.1) is 5.82 Å². The SMILES string of the molecule is NCCC(NC(=O)c1cc(N=C(N)c2cc3cnc(N4CCOCC4)nc3[nH]c2=O)c(Cl)cc1F)c1cccc(Cl)c1. The van der Waals surface area contributed by atoms with Gasteiger partial charge in [0, 0.05) is 29.7 Å². The van der Waals surface area contributed by atoms with Gasteiger partial charge >= 0.3 is 0 Å². The molecule has 6 N–H and O–H groups in total.